The number of rotatable bonds is 5. The second kappa shape index (κ2) is 5.37. The van der Waals surface area contributed by atoms with Crippen LogP contribution in [0.25, 0.3) is 0 Å². The molecule has 1 aliphatic rings. The first-order valence-electron chi connectivity index (χ1n) is 4.84. The van der Waals surface area contributed by atoms with Gasteiger partial charge in [-0.05, 0) is 45.8 Å². The van der Waals surface area contributed by atoms with Crippen molar-refractivity contribution in [1.29, 1.82) is 0 Å². The van der Waals surface area contributed by atoms with Gasteiger partial charge in [0.1, 0.15) is 0 Å². The summed E-state index contributed by atoms with van der Waals surface area (Å²) in [6, 6.07) is 2.59. The number of amides is 1. The van der Waals surface area contributed by atoms with Crippen molar-refractivity contribution in [3.8, 4) is 0 Å². The molecular formula is C10H12BrNOS2. The molecule has 0 unspecified atom stereocenters. The molecule has 82 valence electrons. The minimum atomic E-state index is 0.178. The molecule has 1 aliphatic carbocycles. The third-order valence-electron chi connectivity index (χ3n) is 2.07. The van der Waals surface area contributed by atoms with Gasteiger partial charge in [0.15, 0.2) is 0 Å². The van der Waals surface area contributed by atoms with Crippen LogP contribution in [-0.2, 0) is 10.5 Å². The number of hydrogen-bond donors (Lipinski definition) is 1. The molecule has 0 aliphatic heterocycles. The van der Waals surface area contributed by atoms with E-state index in [1.807, 2.05) is 0 Å². The molecule has 0 radical (unpaired) electrons. The van der Waals surface area contributed by atoms with E-state index in [0.717, 1.165) is 22.4 Å². The van der Waals surface area contributed by atoms with Gasteiger partial charge < -0.3 is 5.32 Å². The van der Waals surface area contributed by atoms with Gasteiger partial charge >= 0.3 is 0 Å². The van der Waals surface area contributed by atoms with E-state index in [-0.39, 0.29) is 5.91 Å². The predicted molar refractivity (Wildman–Crippen MR) is 69.3 cm³/mol. The van der Waals surface area contributed by atoms with Crippen molar-refractivity contribution >= 4 is 44.9 Å². The van der Waals surface area contributed by atoms with Gasteiger partial charge in [0, 0.05) is 11.8 Å². The van der Waals surface area contributed by atoms with E-state index < -0.39 is 0 Å². The van der Waals surface area contributed by atoms with E-state index in [1.165, 1.54) is 5.56 Å². The highest BCUT2D eigenvalue weighted by molar-refractivity contribution is 9.11. The molecular weight excluding hydrogens is 294 g/mol. The Morgan fingerprint density at radius 1 is 1.67 bits per heavy atom. The summed E-state index contributed by atoms with van der Waals surface area (Å²) in [7, 11) is 0. The zero-order valence-corrected chi connectivity index (χ0v) is 11.4. The fourth-order valence-corrected chi connectivity index (χ4v) is 3.27. The van der Waals surface area contributed by atoms with Gasteiger partial charge in [-0.3, -0.25) is 4.79 Å². The van der Waals surface area contributed by atoms with Gasteiger partial charge in [-0.15, -0.1) is 23.1 Å². The van der Waals surface area contributed by atoms with E-state index in [0.29, 0.717) is 11.8 Å². The molecule has 1 aromatic heterocycles. The zero-order valence-electron chi connectivity index (χ0n) is 8.16. The summed E-state index contributed by atoms with van der Waals surface area (Å²) in [6.07, 6.45) is 2.32. The maximum atomic E-state index is 11.4. The van der Waals surface area contributed by atoms with Gasteiger partial charge in [0.05, 0.1) is 9.54 Å². The maximum absolute atomic E-state index is 11.4. The minimum Gasteiger partial charge on any atom is -0.353 e. The van der Waals surface area contributed by atoms with Crippen LogP contribution < -0.4 is 5.32 Å². The lowest BCUT2D eigenvalue weighted by molar-refractivity contribution is -0.118. The number of nitrogens with one attached hydrogen (secondary N) is 1. The number of thiophene rings is 1. The van der Waals surface area contributed by atoms with Crippen LogP contribution in [0.1, 0.15) is 18.4 Å². The van der Waals surface area contributed by atoms with Crippen molar-refractivity contribution in [1.82, 2.24) is 5.32 Å². The molecule has 0 bridgehead atoms. The largest absolute Gasteiger partial charge is 0.353 e. The first-order valence-corrected chi connectivity index (χ1v) is 7.67. The lowest BCUT2D eigenvalue weighted by Gasteiger charge is -2.01. The highest BCUT2D eigenvalue weighted by atomic mass is 79.9. The molecule has 1 aromatic rings. The molecule has 1 heterocycles. The molecule has 0 aromatic carbocycles. The molecule has 1 saturated carbocycles. The Morgan fingerprint density at radius 3 is 3.07 bits per heavy atom. The SMILES string of the molecule is O=C(CSCc1csc(Br)c1)NC1CC1. The van der Waals surface area contributed by atoms with Crippen molar-refractivity contribution in [3.05, 3.63) is 20.8 Å². The van der Waals surface area contributed by atoms with Crippen LogP contribution in [0.4, 0.5) is 0 Å². The van der Waals surface area contributed by atoms with E-state index >= 15 is 0 Å². The number of hydrogen-bond acceptors (Lipinski definition) is 3. The number of halogens is 1. The standard InChI is InChI=1S/C10H12BrNOS2/c11-9-3-7(5-15-9)4-14-6-10(13)12-8-1-2-8/h3,5,8H,1-2,4,6H2,(H,12,13). The normalized spacial score (nSPS) is 15.3. The fraction of sp³-hybridized carbons (Fsp3) is 0.500. The average molecular weight is 306 g/mol. The van der Waals surface area contributed by atoms with Crippen molar-refractivity contribution in [2.45, 2.75) is 24.6 Å². The van der Waals surface area contributed by atoms with Crippen molar-refractivity contribution in [2.75, 3.05) is 5.75 Å². The molecule has 1 N–H and O–H groups in total. The second-order valence-corrected chi connectivity index (χ2v) is 6.87. The summed E-state index contributed by atoms with van der Waals surface area (Å²) >= 11 is 6.78. The quantitative estimate of drug-likeness (QED) is 0.906. The van der Waals surface area contributed by atoms with Gasteiger partial charge in [-0.1, -0.05) is 0 Å². The van der Waals surface area contributed by atoms with Gasteiger partial charge in [0.2, 0.25) is 5.91 Å². The van der Waals surface area contributed by atoms with Crippen LogP contribution in [0.3, 0.4) is 0 Å². The van der Waals surface area contributed by atoms with Gasteiger partial charge in [-0.2, -0.15) is 0 Å². The fourth-order valence-electron chi connectivity index (χ4n) is 1.18. The molecule has 0 saturated heterocycles. The average Bonchev–Trinajstić information content (AvgIpc) is 2.89. The van der Waals surface area contributed by atoms with E-state index in [1.54, 1.807) is 23.1 Å². The topological polar surface area (TPSA) is 29.1 Å². The second-order valence-electron chi connectivity index (χ2n) is 3.59. The first kappa shape index (κ1) is 11.5. The number of carbonyl (C=O) groups excluding carboxylic acids is 1. The van der Waals surface area contributed by atoms with Gasteiger partial charge in [0.25, 0.3) is 0 Å². The van der Waals surface area contributed by atoms with Crippen LogP contribution >= 0.6 is 39.0 Å². The first-order chi connectivity index (χ1) is 7.24. The highest BCUT2D eigenvalue weighted by Crippen LogP contribution is 2.24. The van der Waals surface area contributed by atoms with E-state index in [2.05, 4.69) is 32.7 Å². The zero-order chi connectivity index (χ0) is 10.7. The Labute approximate surface area is 106 Å². The van der Waals surface area contributed by atoms with E-state index in [4.69, 9.17) is 0 Å². The summed E-state index contributed by atoms with van der Waals surface area (Å²) in [6.45, 7) is 0. The molecule has 2 nitrogen and oxygen atoms in total. The predicted octanol–water partition coefficient (Wildman–Crippen LogP) is 3.02. The van der Waals surface area contributed by atoms with E-state index in [9.17, 15) is 4.79 Å². The summed E-state index contributed by atoms with van der Waals surface area (Å²) in [5.74, 6) is 1.67. The lowest BCUT2D eigenvalue weighted by atomic mass is 10.4. The Morgan fingerprint density at radius 2 is 2.47 bits per heavy atom. The molecule has 0 atom stereocenters. The third kappa shape index (κ3) is 4.17. The van der Waals surface area contributed by atoms with Crippen molar-refractivity contribution in [3.63, 3.8) is 0 Å². The highest BCUT2D eigenvalue weighted by Gasteiger charge is 2.22. The van der Waals surface area contributed by atoms with Crippen LogP contribution in [-0.4, -0.2) is 17.7 Å². The van der Waals surface area contributed by atoms with Crippen LogP contribution in [0.5, 0.6) is 0 Å². The molecule has 0 spiro atoms. The molecule has 15 heavy (non-hydrogen) atoms. The minimum absolute atomic E-state index is 0.178. The molecule has 2 rings (SSSR count). The molecule has 1 fully saturated rings. The molecule has 1 amide bonds. The number of thioether (sulfide) groups is 1. The number of carbonyl (C=O) groups is 1. The van der Waals surface area contributed by atoms with Crippen molar-refractivity contribution in [2.24, 2.45) is 0 Å². The summed E-state index contributed by atoms with van der Waals surface area (Å²) < 4.78 is 1.15. The van der Waals surface area contributed by atoms with Crippen LogP contribution in [0.2, 0.25) is 0 Å². The third-order valence-corrected chi connectivity index (χ3v) is 4.62. The monoisotopic (exact) mass is 305 g/mol. The summed E-state index contributed by atoms with van der Waals surface area (Å²) in [5, 5.41) is 5.10. The van der Waals surface area contributed by atoms with Crippen LogP contribution in [0.15, 0.2) is 15.2 Å². The Hall–Kier alpha value is -0.0000000000000000555. The Balaban J connectivity index is 1.63. The van der Waals surface area contributed by atoms with Crippen LogP contribution in [0, 0.1) is 0 Å². The Kier molecular flexibility index (Phi) is 4.11. The maximum Gasteiger partial charge on any atom is 0.230 e. The molecule has 5 heteroatoms. The summed E-state index contributed by atoms with van der Waals surface area (Å²) in [4.78, 5) is 11.4. The Bertz CT molecular complexity index is 349. The van der Waals surface area contributed by atoms with Crippen molar-refractivity contribution < 1.29 is 4.79 Å². The lowest BCUT2D eigenvalue weighted by Crippen LogP contribution is -2.27. The van der Waals surface area contributed by atoms with Gasteiger partial charge in [-0.25, -0.2) is 0 Å². The summed E-state index contributed by atoms with van der Waals surface area (Å²) in [5.41, 5.74) is 1.29. The smallest absolute Gasteiger partial charge is 0.230 e.